The summed E-state index contributed by atoms with van der Waals surface area (Å²) in [6.07, 6.45) is 4.34. The average Bonchev–Trinajstić information content (AvgIpc) is 3.16. The van der Waals surface area contributed by atoms with Crippen LogP contribution < -0.4 is 0 Å². The first-order valence-electron chi connectivity index (χ1n) is 10.3. The summed E-state index contributed by atoms with van der Waals surface area (Å²) in [7, 11) is 2.13. The maximum absolute atomic E-state index is 2.26. The quantitative estimate of drug-likeness (QED) is 0.280. The van der Waals surface area contributed by atoms with Crippen molar-refractivity contribution < 1.29 is 0 Å². The SMILES string of the molecule is Cn1c(-c2ccc(C=Cc3ccc(-c4ccccc4)cc3)cc2)cc2ccccc21. The zero-order valence-corrected chi connectivity index (χ0v) is 17.0. The van der Waals surface area contributed by atoms with E-state index in [1.807, 2.05) is 6.07 Å². The Hall–Kier alpha value is -3.84. The Morgan fingerprint density at radius 1 is 0.533 bits per heavy atom. The minimum atomic E-state index is 1.20. The fourth-order valence-corrected chi connectivity index (χ4v) is 3.94. The molecular formula is C29H23N. The van der Waals surface area contributed by atoms with E-state index < -0.39 is 0 Å². The number of para-hydroxylation sites is 1. The lowest BCUT2D eigenvalue weighted by atomic mass is 10.0. The van der Waals surface area contributed by atoms with Crippen molar-refractivity contribution in [2.75, 3.05) is 0 Å². The van der Waals surface area contributed by atoms with Gasteiger partial charge in [-0.15, -0.1) is 0 Å². The molecule has 0 aliphatic heterocycles. The van der Waals surface area contributed by atoms with Gasteiger partial charge in [-0.1, -0.05) is 109 Å². The third-order valence-electron chi connectivity index (χ3n) is 5.64. The molecule has 0 spiro atoms. The van der Waals surface area contributed by atoms with Crippen LogP contribution in [0.1, 0.15) is 11.1 Å². The third kappa shape index (κ3) is 3.58. The van der Waals surface area contributed by atoms with Crippen molar-refractivity contribution >= 4 is 23.1 Å². The lowest BCUT2D eigenvalue weighted by molar-refractivity contribution is 0.978. The molecule has 144 valence electrons. The second-order valence-corrected chi connectivity index (χ2v) is 7.59. The Bertz CT molecular complexity index is 1300. The monoisotopic (exact) mass is 385 g/mol. The van der Waals surface area contributed by atoms with E-state index in [2.05, 4.69) is 127 Å². The van der Waals surface area contributed by atoms with E-state index in [1.54, 1.807) is 0 Å². The van der Waals surface area contributed by atoms with Crippen LogP contribution >= 0.6 is 0 Å². The molecule has 1 heteroatoms. The second kappa shape index (κ2) is 7.88. The van der Waals surface area contributed by atoms with E-state index in [-0.39, 0.29) is 0 Å². The molecule has 4 aromatic carbocycles. The van der Waals surface area contributed by atoms with Crippen molar-refractivity contribution in [1.82, 2.24) is 4.57 Å². The highest BCUT2D eigenvalue weighted by atomic mass is 14.9. The van der Waals surface area contributed by atoms with Crippen molar-refractivity contribution in [3.8, 4) is 22.4 Å². The number of aryl methyl sites for hydroxylation is 1. The largest absolute Gasteiger partial charge is 0.344 e. The minimum Gasteiger partial charge on any atom is -0.344 e. The zero-order chi connectivity index (χ0) is 20.3. The molecule has 5 aromatic rings. The second-order valence-electron chi connectivity index (χ2n) is 7.59. The summed E-state index contributed by atoms with van der Waals surface area (Å²) < 4.78 is 2.26. The van der Waals surface area contributed by atoms with Crippen LogP contribution in [-0.2, 0) is 7.05 Å². The van der Waals surface area contributed by atoms with E-state index in [4.69, 9.17) is 0 Å². The highest BCUT2D eigenvalue weighted by Crippen LogP contribution is 2.27. The van der Waals surface area contributed by atoms with Gasteiger partial charge in [0, 0.05) is 23.6 Å². The Morgan fingerprint density at radius 2 is 1.07 bits per heavy atom. The van der Waals surface area contributed by atoms with Crippen LogP contribution in [0.3, 0.4) is 0 Å². The van der Waals surface area contributed by atoms with Crippen LogP contribution in [0.25, 0.3) is 45.4 Å². The smallest absolute Gasteiger partial charge is 0.0488 e. The van der Waals surface area contributed by atoms with E-state index in [0.717, 1.165) is 0 Å². The van der Waals surface area contributed by atoms with Gasteiger partial charge in [-0.2, -0.15) is 0 Å². The maximum Gasteiger partial charge on any atom is 0.0488 e. The van der Waals surface area contributed by atoms with Crippen LogP contribution in [0.2, 0.25) is 0 Å². The molecule has 0 radical (unpaired) electrons. The van der Waals surface area contributed by atoms with Gasteiger partial charge >= 0.3 is 0 Å². The summed E-state index contributed by atoms with van der Waals surface area (Å²) in [5.41, 5.74) is 8.62. The minimum absolute atomic E-state index is 1.20. The van der Waals surface area contributed by atoms with E-state index in [9.17, 15) is 0 Å². The van der Waals surface area contributed by atoms with E-state index >= 15 is 0 Å². The summed E-state index contributed by atoms with van der Waals surface area (Å²) in [5, 5.41) is 1.28. The first-order valence-corrected chi connectivity index (χ1v) is 10.3. The van der Waals surface area contributed by atoms with Crippen LogP contribution in [0.4, 0.5) is 0 Å². The number of hydrogen-bond donors (Lipinski definition) is 0. The fraction of sp³-hybridized carbons (Fsp3) is 0.0345. The predicted octanol–water partition coefficient (Wildman–Crippen LogP) is 7.68. The topological polar surface area (TPSA) is 4.93 Å². The van der Waals surface area contributed by atoms with Crippen molar-refractivity contribution in [2.45, 2.75) is 0 Å². The molecule has 0 fully saturated rings. The van der Waals surface area contributed by atoms with Gasteiger partial charge in [-0.25, -0.2) is 0 Å². The Morgan fingerprint density at radius 3 is 1.70 bits per heavy atom. The molecule has 30 heavy (non-hydrogen) atoms. The highest BCUT2D eigenvalue weighted by molar-refractivity contribution is 5.87. The molecule has 0 unspecified atom stereocenters. The van der Waals surface area contributed by atoms with Gasteiger partial charge < -0.3 is 4.57 Å². The summed E-state index contributed by atoms with van der Waals surface area (Å²) in [5.74, 6) is 0. The summed E-state index contributed by atoms with van der Waals surface area (Å²) in [4.78, 5) is 0. The molecule has 0 bridgehead atoms. The average molecular weight is 386 g/mol. The van der Waals surface area contributed by atoms with E-state index in [0.29, 0.717) is 0 Å². The first-order chi connectivity index (χ1) is 14.8. The molecule has 0 saturated heterocycles. The van der Waals surface area contributed by atoms with Crippen molar-refractivity contribution in [3.63, 3.8) is 0 Å². The molecular weight excluding hydrogens is 362 g/mol. The highest BCUT2D eigenvalue weighted by Gasteiger charge is 2.07. The number of benzene rings is 4. The summed E-state index contributed by atoms with van der Waals surface area (Å²) >= 11 is 0. The predicted molar refractivity (Wildman–Crippen MR) is 129 cm³/mol. The molecule has 0 N–H and O–H groups in total. The normalized spacial score (nSPS) is 11.4. The van der Waals surface area contributed by atoms with Crippen molar-refractivity contribution in [2.24, 2.45) is 7.05 Å². The van der Waals surface area contributed by atoms with Crippen molar-refractivity contribution in [3.05, 3.63) is 120 Å². The fourth-order valence-electron chi connectivity index (χ4n) is 3.94. The van der Waals surface area contributed by atoms with Crippen LogP contribution in [0, 0.1) is 0 Å². The van der Waals surface area contributed by atoms with Gasteiger partial charge in [-0.05, 0) is 39.9 Å². The molecule has 1 nitrogen and oxygen atoms in total. The van der Waals surface area contributed by atoms with Gasteiger partial charge in [0.05, 0.1) is 0 Å². The molecule has 0 atom stereocenters. The first kappa shape index (κ1) is 18.2. The Labute approximate surface area is 177 Å². The summed E-state index contributed by atoms with van der Waals surface area (Å²) in [6, 6.07) is 38.7. The third-order valence-corrected chi connectivity index (χ3v) is 5.64. The zero-order valence-electron chi connectivity index (χ0n) is 17.0. The lowest BCUT2D eigenvalue weighted by Crippen LogP contribution is -1.90. The van der Waals surface area contributed by atoms with Gasteiger partial charge in [0.15, 0.2) is 0 Å². The molecule has 1 heterocycles. The number of aromatic nitrogens is 1. The van der Waals surface area contributed by atoms with Crippen LogP contribution in [0.15, 0.2) is 109 Å². The lowest BCUT2D eigenvalue weighted by Gasteiger charge is -2.05. The standard InChI is InChI=1S/C29H23N/c1-30-28-10-6-5-9-27(28)21-29(30)26-19-15-23(16-20-26)12-11-22-13-17-25(18-14-22)24-7-3-2-4-8-24/h2-21H,1H3. The number of fused-ring (bicyclic) bond motifs is 1. The Balaban J connectivity index is 1.34. The summed E-state index contributed by atoms with van der Waals surface area (Å²) in [6.45, 7) is 0. The maximum atomic E-state index is 2.26. The van der Waals surface area contributed by atoms with Crippen LogP contribution in [-0.4, -0.2) is 4.57 Å². The number of nitrogens with zero attached hydrogens (tertiary/aromatic N) is 1. The molecule has 0 amide bonds. The van der Waals surface area contributed by atoms with Gasteiger partial charge in [0.25, 0.3) is 0 Å². The molecule has 0 aliphatic carbocycles. The molecule has 5 rings (SSSR count). The molecule has 0 saturated carbocycles. The van der Waals surface area contributed by atoms with Crippen LogP contribution in [0.5, 0.6) is 0 Å². The Kier molecular flexibility index (Phi) is 4.78. The van der Waals surface area contributed by atoms with Gasteiger partial charge in [0.1, 0.15) is 0 Å². The number of rotatable bonds is 4. The van der Waals surface area contributed by atoms with Gasteiger partial charge in [0.2, 0.25) is 0 Å². The molecule has 1 aromatic heterocycles. The number of hydrogen-bond acceptors (Lipinski definition) is 0. The van der Waals surface area contributed by atoms with Crippen molar-refractivity contribution in [1.29, 1.82) is 0 Å². The van der Waals surface area contributed by atoms with E-state index in [1.165, 1.54) is 44.4 Å². The molecule has 0 aliphatic rings. The van der Waals surface area contributed by atoms with Gasteiger partial charge in [-0.3, -0.25) is 0 Å².